The Bertz CT molecular complexity index is 561. The molecular formula is C17H27N3O4. The van der Waals surface area contributed by atoms with Gasteiger partial charge in [-0.15, -0.1) is 0 Å². The highest BCUT2D eigenvalue weighted by Gasteiger charge is 2.15. The molecular weight excluding hydrogens is 310 g/mol. The fourth-order valence-corrected chi connectivity index (χ4v) is 2.03. The average molecular weight is 337 g/mol. The standard InChI is InChI=1S/C17H27N3O4/c1-12(2)19-16(21)11-24-14-7-6-13(10-15(14)23-5)17(22)20(4)9-8-18-3/h6-7,10,12,18H,8-9,11H2,1-5H3,(H,19,21). The normalized spacial score (nSPS) is 10.4. The maximum Gasteiger partial charge on any atom is 0.258 e. The van der Waals surface area contributed by atoms with Crippen LogP contribution in [0, 0.1) is 0 Å². The Balaban J connectivity index is 2.77. The molecule has 0 atom stereocenters. The first-order chi connectivity index (χ1) is 11.4. The third kappa shape index (κ3) is 6.08. The second kappa shape index (κ2) is 9.77. The zero-order valence-corrected chi connectivity index (χ0v) is 15.0. The first-order valence-electron chi connectivity index (χ1n) is 7.89. The molecule has 0 aliphatic rings. The number of amides is 2. The van der Waals surface area contributed by atoms with E-state index in [1.54, 1.807) is 30.1 Å². The monoisotopic (exact) mass is 337 g/mol. The van der Waals surface area contributed by atoms with Gasteiger partial charge in [0, 0.05) is 31.7 Å². The summed E-state index contributed by atoms with van der Waals surface area (Å²) in [5.74, 6) is 0.526. The Labute approximate surface area is 143 Å². The lowest BCUT2D eigenvalue weighted by atomic mass is 10.1. The van der Waals surface area contributed by atoms with Gasteiger partial charge in [0.1, 0.15) is 0 Å². The Hall–Kier alpha value is -2.28. The van der Waals surface area contributed by atoms with Crippen molar-refractivity contribution in [3.63, 3.8) is 0 Å². The van der Waals surface area contributed by atoms with Gasteiger partial charge in [-0.1, -0.05) is 0 Å². The summed E-state index contributed by atoms with van der Waals surface area (Å²) in [5.41, 5.74) is 0.504. The van der Waals surface area contributed by atoms with Crippen LogP contribution in [0.1, 0.15) is 24.2 Å². The molecule has 0 spiro atoms. The number of carbonyl (C=O) groups excluding carboxylic acids is 2. The van der Waals surface area contributed by atoms with Crippen LogP contribution in [-0.4, -0.2) is 63.7 Å². The molecule has 24 heavy (non-hydrogen) atoms. The minimum Gasteiger partial charge on any atom is -0.493 e. The molecule has 0 aliphatic heterocycles. The van der Waals surface area contributed by atoms with E-state index in [1.165, 1.54) is 7.11 Å². The van der Waals surface area contributed by atoms with E-state index in [2.05, 4.69) is 10.6 Å². The van der Waals surface area contributed by atoms with Gasteiger partial charge in [0.15, 0.2) is 18.1 Å². The molecule has 134 valence electrons. The van der Waals surface area contributed by atoms with Crippen LogP contribution in [0.15, 0.2) is 18.2 Å². The van der Waals surface area contributed by atoms with Gasteiger partial charge in [0.05, 0.1) is 7.11 Å². The second-order valence-electron chi connectivity index (χ2n) is 5.71. The molecule has 7 nitrogen and oxygen atoms in total. The SMILES string of the molecule is CNCCN(C)C(=O)c1ccc(OCC(=O)NC(C)C)c(OC)c1. The van der Waals surface area contributed by atoms with Crippen LogP contribution in [0.2, 0.25) is 0 Å². The maximum absolute atomic E-state index is 12.4. The molecule has 0 unspecified atom stereocenters. The maximum atomic E-state index is 12.4. The number of likely N-dealkylation sites (N-methyl/N-ethyl adjacent to an activating group) is 2. The van der Waals surface area contributed by atoms with Gasteiger partial charge >= 0.3 is 0 Å². The molecule has 0 saturated heterocycles. The lowest BCUT2D eigenvalue weighted by Gasteiger charge is -2.18. The minimum absolute atomic E-state index is 0.0520. The van der Waals surface area contributed by atoms with Gasteiger partial charge in [0.2, 0.25) is 0 Å². The van der Waals surface area contributed by atoms with E-state index in [9.17, 15) is 9.59 Å². The van der Waals surface area contributed by atoms with Gasteiger partial charge in [-0.05, 0) is 39.1 Å². The molecule has 1 aromatic carbocycles. The number of nitrogens with zero attached hydrogens (tertiary/aromatic N) is 1. The summed E-state index contributed by atoms with van der Waals surface area (Å²) in [6.45, 7) is 4.97. The van der Waals surface area contributed by atoms with E-state index >= 15 is 0 Å². The van der Waals surface area contributed by atoms with Gasteiger partial charge in [-0.2, -0.15) is 0 Å². The summed E-state index contributed by atoms with van der Waals surface area (Å²) in [6.07, 6.45) is 0. The highest BCUT2D eigenvalue weighted by molar-refractivity contribution is 5.94. The summed E-state index contributed by atoms with van der Waals surface area (Å²) < 4.78 is 10.7. The minimum atomic E-state index is -0.209. The fraction of sp³-hybridized carbons (Fsp3) is 0.529. The van der Waals surface area contributed by atoms with Crippen LogP contribution in [0.25, 0.3) is 0 Å². The van der Waals surface area contributed by atoms with Crippen molar-refractivity contribution in [2.45, 2.75) is 19.9 Å². The number of carbonyl (C=O) groups is 2. The molecule has 1 aromatic rings. The lowest BCUT2D eigenvalue weighted by Crippen LogP contribution is -2.34. The molecule has 0 fully saturated rings. The van der Waals surface area contributed by atoms with E-state index in [4.69, 9.17) is 9.47 Å². The summed E-state index contributed by atoms with van der Waals surface area (Å²) in [5, 5.41) is 5.74. The lowest BCUT2D eigenvalue weighted by molar-refractivity contribution is -0.123. The van der Waals surface area contributed by atoms with Gasteiger partial charge < -0.3 is 25.0 Å². The molecule has 1 rings (SSSR count). The zero-order chi connectivity index (χ0) is 18.1. The van der Waals surface area contributed by atoms with E-state index in [1.807, 2.05) is 20.9 Å². The van der Waals surface area contributed by atoms with E-state index in [0.29, 0.717) is 30.2 Å². The third-order valence-electron chi connectivity index (χ3n) is 3.26. The van der Waals surface area contributed by atoms with Crippen molar-refractivity contribution in [1.29, 1.82) is 0 Å². The molecule has 0 aliphatic carbocycles. The van der Waals surface area contributed by atoms with Crippen LogP contribution in [-0.2, 0) is 4.79 Å². The Kier molecular flexibility index (Phi) is 8.05. The van der Waals surface area contributed by atoms with Crippen LogP contribution in [0.4, 0.5) is 0 Å². The molecule has 0 saturated carbocycles. The molecule has 7 heteroatoms. The Morgan fingerprint density at radius 1 is 1.25 bits per heavy atom. The summed E-state index contributed by atoms with van der Waals surface area (Å²) in [6, 6.07) is 4.97. The van der Waals surface area contributed by atoms with E-state index < -0.39 is 0 Å². The van der Waals surface area contributed by atoms with Crippen LogP contribution < -0.4 is 20.1 Å². The average Bonchev–Trinajstić information content (AvgIpc) is 2.56. The second-order valence-corrected chi connectivity index (χ2v) is 5.71. The van der Waals surface area contributed by atoms with Crippen LogP contribution >= 0.6 is 0 Å². The van der Waals surface area contributed by atoms with Crippen LogP contribution in [0.5, 0.6) is 11.5 Å². The predicted octanol–water partition coefficient (Wildman–Crippen LogP) is 0.890. The van der Waals surface area contributed by atoms with Crippen LogP contribution in [0.3, 0.4) is 0 Å². The summed E-state index contributed by atoms with van der Waals surface area (Å²) in [7, 11) is 5.07. The van der Waals surface area contributed by atoms with Crippen molar-refractivity contribution in [1.82, 2.24) is 15.5 Å². The number of benzene rings is 1. The Morgan fingerprint density at radius 2 is 1.96 bits per heavy atom. The van der Waals surface area contributed by atoms with E-state index in [0.717, 1.165) is 0 Å². The molecule has 0 bridgehead atoms. The van der Waals surface area contributed by atoms with Crippen molar-refractivity contribution in [2.24, 2.45) is 0 Å². The number of nitrogens with one attached hydrogen (secondary N) is 2. The third-order valence-corrected chi connectivity index (χ3v) is 3.26. The predicted molar refractivity (Wildman–Crippen MR) is 92.7 cm³/mol. The topological polar surface area (TPSA) is 79.9 Å². The van der Waals surface area contributed by atoms with Crippen molar-refractivity contribution >= 4 is 11.8 Å². The first kappa shape index (κ1) is 19.8. The zero-order valence-electron chi connectivity index (χ0n) is 15.0. The quantitative estimate of drug-likeness (QED) is 0.700. The van der Waals surface area contributed by atoms with Crippen molar-refractivity contribution in [3.05, 3.63) is 23.8 Å². The molecule has 0 heterocycles. The van der Waals surface area contributed by atoms with E-state index in [-0.39, 0.29) is 24.5 Å². The fourth-order valence-electron chi connectivity index (χ4n) is 2.03. The Morgan fingerprint density at radius 3 is 2.54 bits per heavy atom. The molecule has 2 amide bonds. The number of rotatable bonds is 9. The van der Waals surface area contributed by atoms with Gasteiger partial charge in [0.25, 0.3) is 11.8 Å². The highest BCUT2D eigenvalue weighted by Crippen LogP contribution is 2.28. The summed E-state index contributed by atoms with van der Waals surface area (Å²) in [4.78, 5) is 25.6. The smallest absolute Gasteiger partial charge is 0.258 e. The largest absolute Gasteiger partial charge is 0.493 e. The van der Waals surface area contributed by atoms with Crippen molar-refractivity contribution in [2.75, 3.05) is 40.9 Å². The number of hydrogen-bond acceptors (Lipinski definition) is 5. The van der Waals surface area contributed by atoms with Crippen molar-refractivity contribution < 1.29 is 19.1 Å². The first-order valence-corrected chi connectivity index (χ1v) is 7.89. The van der Waals surface area contributed by atoms with Gasteiger partial charge in [-0.25, -0.2) is 0 Å². The summed E-state index contributed by atoms with van der Waals surface area (Å²) >= 11 is 0. The molecule has 0 aromatic heterocycles. The number of methoxy groups -OCH3 is 1. The van der Waals surface area contributed by atoms with Gasteiger partial charge in [-0.3, -0.25) is 9.59 Å². The number of hydrogen-bond donors (Lipinski definition) is 2. The highest BCUT2D eigenvalue weighted by atomic mass is 16.5. The van der Waals surface area contributed by atoms with Crippen molar-refractivity contribution in [3.8, 4) is 11.5 Å². The molecule has 2 N–H and O–H groups in total. The molecule has 0 radical (unpaired) electrons. The number of ether oxygens (including phenoxy) is 2.